The smallest absolute Gasteiger partial charge is 0.320 e. The van der Waals surface area contributed by atoms with Gasteiger partial charge in [-0.25, -0.2) is 0 Å². The number of morpholine rings is 1. The molecular formula is C25H26Cl2N6O3. The molecular weight excluding hydrogens is 503 g/mol. The Morgan fingerprint density at radius 3 is 2.67 bits per heavy atom. The van der Waals surface area contributed by atoms with E-state index in [1.54, 1.807) is 10.9 Å². The number of benzene rings is 2. The quantitative estimate of drug-likeness (QED) is 0.281. The molecule has 11 heteroatoms. The topological polar surface area (TPSA) is 98.2 Å². The standard InChI is InChI=1S/C25H26Cl2N6O3/c1-25(2,15-36-23(34)13-26)22-14-33(31-29-22)24-18-5-3-17(12-20(18)28-30-24)16-4-6-21(19(27)11-16)32-7-9-35-10-8-32/h3-6,11-12,14H,7-10,13,15H2,1-2H3,(H,28,30). The Hall–Kier alpha value is -3.14. The van der Waals surface area contributed by atoms with Gasteiger partial charge >= 0.3 is 5.97 Å². The van der Waals surface area contributed by atoms with E-state index in [9.17, 15) is 4.79 Å². The highest BCUT2D eigenvalue weighted by molar-refractivity contribution is 6.33. The van der Waals surface area contributed by atoms with Gasteiger partial charge in [-0.3, -0.25) is 9.89 Å². The fourth-order valence-corrected chi connectivity index (χ4v) is 4.53. The van der Waals surface area contributed by atoms with Gasteiger partial charge in [0.2, 0.25) is 0 Å². The van der Waals surface area contributed by atoms with Crippen LogP contribution in [0.5, 0.6) is 0 Å². The van der Waals surface area contributed by atoms with Gasteiger partial charge in [0, 0.05) is 23.9 Å². The van der Waals surface area contributed by atoms with Gasteiger partial charge in [-0.1, -0.05) is 42.8 Å². The fourth-order valence-electron chi connectivity index (χ4n) is 4.16. The molecule has 0 saturated carbocycles. The average molecular weight is 529 g/mol. The molecule has 1 saturated heterocycles. The highest BCUT2D eigenvalue weighted by atomic mass is 35.5. The Morgan fingerprint density at radius 2 is 1.92 bits per heavy atom. The fraction of sp³-hybridized carbons (Fsp3) is 0.360. The van der Waals surface area contributed by atoms with E-state index < -0.39 is 11.4 Å². The van der Waals surface area contributed by atoms with Crippen LogP contribution in [-0.4, -0.2) is 70.0 Å². The third-order valence-electron chi connectivity index (χ3n) is 6.28. The van der Waals surface area contributed by atoms with Crippen LogP contribution in [0, 0.1) is 0 Å². The second-order valence-electron chi connectivity index (χ2n) is 9.30. The molecule has 9 nitrogen and oxygen atoms in total. The molecule has 2 aromatic carbocycles. The van der Waals surface area contributed by atoms with Crippen LogP contribution >= 0.6 is 23.2 Å². The summed E-state index contributed by atoms with van der Waals surface area (Å²) in [5, 5.41) is 17.7. The summed E-state index contributed by atoms with van der Waals surface area (Å²) in [5.74, 6) is -0.0263. The van der Waals surface area contributed by atoms with Crippen LogP contribution in [0.1, 0.15) is 19.5 Å². The molecule has 2 aromatic heterocycles. The average Bonchev–Trinajstić information content (AvgIpc) is 3.55. The lowest BCUT2D eigenvalue weighted by molar-refractivity contribution is -0.142. The van der Waals surface area contributed by atoms with Crippen LogP contribution in [0.25, 0.3) is 27.8 Å². The largest absolute Gasteiger partial charge is 0.464 e. The summed E-state index contributed by atoms with van der Waals surface area (Å²) in [6.45, 7) is 7.09. The Kier molecular flexibility index (Phi) is 6.87. The molecule has 0 aliphatic carbocycles. The van der Waals surface area contributed by atoms with Crippen LogP contribution in [0.2, 0.25) is 5.02 Å². The van der Waals surface area contributed by atoms with Gasteiger partial charge in [-0.15, -0.1) is 16.7 Å². The van der Waals surface area contributed by atoms with E-state index in [2.05, 4.69) is 37.5 Å². The van der Waals surface area contributed by atoms with E-state index >= 15 is 0 Å². The van der Waals surface area contributed by atoms with Gasteiger partial charge < -0.3 is 14.4 Å². The number of nitrogens with zero attached hydrogens (tertiary/aromatic N) is 5. The Bertz CT molecular complexity index is 1390. The summed E-state index contributed by atoms with van der Waals surface area (Å²) in [5.41, 5.74) is 4.07. The lowest BCUT2D eigenvalue weighted by atomic mass is 9.91. The monoisotopic (exact) mass is 528 g/mol. The number of anilines is 1. The predicted molar refractivity (Wildman–Crippen MR) is 139 cm³/mol. The molecule has 0 spiro atoms. The van der Waals surface area contributed by atoms with Crippen molar-refractivity contribution in [3.63, 3.8) is 0 Å². The normalized spacial score (nSPS) is 14.4. The van der Waals surface area contributed by atoms with E-state index in [1.165, 1.54) is 0 Å². The van der Waals surface area contributed by atoms with Gasteiger partial charge in [0.15, 0.2) is 5.82 Å². The van der Waals surface area contributed by atoms with Crippen molar-refractivity contribution in [2.45, 2.75) is 19.3 Å². The number of ether oxygens (including phenoxy) is 2. The molecule has 1 aliphatic heterocycles. The molecule has 188 valence electrons. The van der Waals surface area contributed by atoms with Crippen molar-refractivity contribution in [1.82, 2.24) is 25.2 Å². The number of halogens is 2. The summed E-state index contributed by atoms with van der Waals surface area (Å²) in [6.07, 6.45) is 1.79. The highest BCUT2D eigenvalue weighted by Gasteiger charge is 2.27. The molecule has 36 heavy (non-hydrogen) atoms. The SMILES string of the molecule is CC(C)(COC(=O)CCl)c1cn(-c2n[nH]c3cc(-c4ccc(N5CCOCC5)c(Cl)c4)ccc23)nn1. The number of hydrogen-bond donors (Lipinski definition) is 1. The highest BCUT2D eigenvalue weighted by Crippen LogP contribution is 2.33. The Balaban J connectivity index is 1.38. The second kappa shape index (κ2) is 10.1. The summed E-state index contributed by atoms with van der Waals surface area (Å²) in [4.78, 5) is 13.7. The van der Waals surface area contributed by atoms with Gasteiger partial charge in [-0.05, 0) is 35.4 Å². The zero-order valence-electron chi connectivity index (χ0n) is 20.0. The van der Waals surface area contributed by atoms with Crippen molar-refractivity contribution in [3.05, 3.63) is 53.3 Å². The molecule has 0 unspecified atom stereocenters. The van der Waals surface area contributed by atoms with Crippen molar-refractivity contribution in [1.29, 1.82) is 0 Å². The summed E-state index contributed by atoms with van der Waals surface area (Å²) >= 11 is 12.2. The number of esters is 1. The van der Waals surface area contributed by atoms with Crippen LogP contribution in [0.3, 0.4) is 0 Å². The van der Waals surface area contributed by atoms with E-state index in [-0.39, 0.29) is 12.5 Å². The van der Waals surface area contributed by atoms with Crippen molar-refractivity contribution in [2.75, 3.05) is 43.7 Å². The minimum atomic E-state index is -0.536. The molecule has 4 aromatic rings. The molecule has 3 heterocycles. The number of nitrogens with one attached hydrogen (secondary N) is 1. The molecule has 1 N–H and O–H groups in total. The van der Waals surface area contributed by atoms with Gasteiger partial charge in [0.05, 0.1) is 41.3 Å². The first-order valence-corrected chi connectivity index (χ1v) is 12.5. The van der Waals surface area contributed by atoms with E-state index in [4.69, 9.17) is 32.7 Å². The number of carbonyl (C=O) groups excluding carboxylic acids is 1. The lowest BCUT2D eigenvalue weighted by Gasteiger charge is -2.29. The number of hydrogen-bond acceptors (Lipinski definition) is 7. The zero-order valence-corrected chi connectivity index (χ0v) is 21.5. The first-order chi connectivity index (χ1) is 17.4. The van der Waals surface area contributed by atoms with E-state index in [1.807, 2.05) is 38.1 Å². The number of rotatable bonds is 7. The van der Waals surface area contributed by atoms with Gasteiger partial charge in [0.25, 0.3) is 0 Å². The number of aromatic amines is 1. The Morgan fingerprint density at radius 1 is 1.17 bits per heavy atom. The summed E-state index contributed by atoms with van der Waals surface area (Å²) in [7, 11) is 0. The number of H-pyrrole nitrogens is 1. The lowest BCUT2D eigenvalue weighted by Crippen LogP contribution is -2.36. The molecule has 0 amide bonds. The Labute approximate surface area is 218 Å². The summed E-state index contributed by atoms with van der Waals surface area (Å²) < 4.78 is 12.3. The molecule has 0 bridgehead atoms. The predicted octanol–water partition coefficient (Wildman–Crippen LogP) is 4.36. The van der Waals surface area contributed by atoms with Crippen molar-refractivity contribution in [3.8, 4) is 16.9 Å². The molecule has 0 atom stereocenters. The maximum atomic E-state index is 11.4. The molecule has 0 radical (unpaired) electrons. The first-order valence-electron chi connectivity index (χ1n) is 11.6. The van der Waals surface area contributed by atoms with Crippen LogP contribution in [0.15, 0.2) is 42.6 Å². The number of fused-ring (bicyclic) bond motifs is 1. The minimum Gasteiger partial charge on any atom is -0.464 e. The van der Waals surface area contributed by atoms with Crippen LogP contribution in [0.4, 0.5) is 5.69 Å². The zero-order chi connectivity index (χ0) is 25.3. The van der Waals surface area contributed by atoms with E-state index in [0.29, 0.717) is 29.7 Å². The van der Waals surface area contributed by atoms with Crippen molar-refractivity contribution < 1.29 is 14.3 Å². The number of alkyl halides is 1. The number of carbonyl (C=O) groups is 1. The minimum absolute atomic E-state index is 0.148. The maximum Gasteiger partial charge on any atom is 0.320 e. The first kappa shape index (κ1) is 24.5. The van der Waals surface area contributed by atoms with Crippen molar-refractivity contribution in [2.24, 2.45) is 0 Å². The van der Waals surface area contributed by atoms with Gasteiger partial charge in [-0.2, -0.15) is 9.78 Å². The third-order valence-corrected chi connectivity index (χ3v) is 6.80. The van der Waals surface area contributed by atoms with E-state index in [0.717, 1.165) is 40.8 Å². The van der Waals surface area contributed by atoms with Crippen molar-refractivity contribution >= 4 is 45.8 Å². The molecule has 1 fully saturated rings. The third kappa shape index (κ3) is 4.91. The molecule has 1 aliphatic rings. The molecule has 5 rings (SSSR count). The maximum absolute atomic E-state index is 11.4. The van der Waals surface area contributed by atoms with Crippen LogP contribution in [-0.2, 0) is 19.7 Å². The van der Waals surface area contributed by atoms with Gasteiger partial charge in [0.1, 0.15) is 12.5 Å². The summed E-state index contributed by atoms with van der Waals surface area (Å²) in [6, 6.07) is 12.2. The second-order valence-corrected chi connectivity index (χ2v) is 9.97. The number of aromatic nitrogens is 5. The van der Waals surface area contributed by atoms with Crippen LogP contribution < -0.4 is 4.90 Å².